The molecule has 0 unspecified atom stereocenters. The van der Waals surface area contributed by atoms with Crippen molar-refractivity contribution in [3.8, 4) is 22.3 Å². The van der Waals surface area contributed by atoms with Crippen LogP contribution in [0.4, 0.5) is 0 Å². The summed E-state index contributed by atoms with van der Waals surface area (Å²) in [6, 6.07) is 51.2. The van der Waals surface area contributed by atoms with Gasteiger partial charge in [0, 0.05) is 0 Å². The van der Waals surface area contributed by atoms with Crippen LogP contribution in [0.3, 0.4) is 0 Å². The van der Waals surface area contributed by atoms with E-state index in [0.29, 0.717) is 0 Å². The molecular formula is C46H22. The van der Waals surface area contributed by atoms with Crippen LogP contribution in [0.25, 0.3) is 130 Å². The fraction of sp³-hybridized carbons (Fsp3) is 0. The van der Waals surface area contributed by atoms with Gasteiger partial charge in [-0.3, -0.25) is 0 Å². The summed E-state index contributed by atoms with van der Waals surface area (Å²) in [5.74, 6) is 0. The summed E-state index contributed by atoms with van der Waals surface area (Å²) in [7, 11) is 0. The number of hydrogen-bond acceptors (Lipinski definition) is 0. The van der Waals surface area contributed by atoms with Crippen LogP contribution in [0.5, 0.6) is 0 Å². The molecule has 13 aromatic rings. The van der Waals surface area contributed by atoms with Crippen LogP contribution in [-0.2, 0) is 0 Å². The molecule has 0 fully saturated rings. The highest BCUT2D eigenvalue weighted by atomic mass is 14.3. The van der Waals surface area contributed by atoms with Gasteiger partial charge in [0.15, 0.2) is 0 Å². The molecule has 0 heterocycles. The fourth-order valence-electron chi connectivity index (χ4n) is 9.65. The molecule has 0 spiro atoms. The van der Waals surface area contributed by atoms with E-state index in [1.165, 1.54) is 130 Å². The minimum atomic E-state index is 1.27. The normalized spacial score (nSPS) is 13.2. The first-order valence-electron chi connectivity index (χ1n) is 16.3. The SMILES string of the molecule is c1cc(-c2cc3ccc4ccc5ccc6ccc2c2c6c5c4c32)ccc1-c1cc2ccc3ccc4ccc5ccc1c1c5c4c3c21. The Morgan fingerprint density at radius 3 is 0.761 bits per heavy atom. The highest BCUT2D eigenvalue weighted by Gasteiger charge is 2.24. The Morgan fingerprint density at radius 2 is 0.435 bits per heavy atom. The zero-order valence-electron chi connectivity index (χ0n) is 24.7. The molecule has 0 saturated carbocycles. The first-order chi connectivity index (χ1) is 22.8. The summed E-state index contributed by atoms with van der Waals surface area (Å²) < 4.78 is 0. The summed E-state index contributed by atoms with van der Waals surface area (Å²) in [5.41, 5.74) is 5.16. The zero-order chi connectivity index (χ0) is 29.4. The van der Waals surface area contributed by atoms with E-state index in [0.717, 1.165) is 0 Å². The maximum absolute atomic E-state index is 2.43. The predicted molar refractivity (Wildman–Crippen MR) is 199 cm³/mol. The van der Waals surface area contributed by atoms with E-state index in [9.17, 15) is 0 Å². The molecule has 0 aliphatic heterocycles. The summed E-state index contributed by atoms with van der Waals surface area (Å²) in [5, 5.41) is 27.7. The van der Waals surface area contributed by atoms with Crippen molar-refractivity contribution in [3.05, 3.63) is 133 Å². The van der Waals surface area contributed by atoms with Crippen molar-refractivity contribution in [2.45, 2.75) is 0 Å². The molecular weight excluding hydrogens is 553 g/mol. The largest absolute Gasteiger partial charge is 0.0537 e. The molecule has 0 amide bonds. The molecule has 0 aliphatic rings. The molecule has 0 nitrogen and oxygen atoms in total. The van der Waals surface area contributed by atoms with E-state index >= 15 is 0 Å². The zero-order valence-corrected chi connectivity index (χ0v) is 24.7. The van der Waals surface area contributed by atoms with Crippen molar-refractivity contribution >= 4 is 108 Å². The molecule has 0 bridgehead atoms. The van der Waals surface area contributed by atoms with Gasteiger partial charge in [0.1, 0.15) is 0 Å². The van der Waals surface area contributed by atoms with E-state index in [1.54, 1.807) is 0 Å². The van der Waals surface area contributed by atoms with Gasteiger partial charge in [0.2, 0.25) is 0 Å². The van der Waals surface area contributed by atoms with Crippen molar-refractivity contribution in [1.29, 1.82) is 0 Å². The Morgan fingerprint density at radius 1 is 0.196 bits per heavy atom. The monoisotopic (exact) mass is 574 g/mol. The Hall–Kier alpha value is -5.98. The predicted octanol–water partition coefficient (Wildman–Crippen LogP) is 13.2. The highest BCUT2D eigenvalue weighted by Crippen LogP contribution is 2.52. The molecule has 0 atom stereocenters. The number of rotatable bonds is 2. The quantitative estimate of drug-likeness (QED) is 0.180. The second-order valence-electron chi connectivity index (χ2n) is 13.6. The topological polar surface area (TPSA) is 0 Å². The third-order valence-electron chi connectivity index (χ3n) is 11.5. The van der Waals surface area contributed by atoms with Crippen molar-refractivity contribution in [2.75, 3.05) is 0 Å². The van der Waals surface area contributed by atoms with Gasteiger partial charge in [-0.15, -0.1) is 0 Å². The first-order valence-corrected chi connectivity index (χ1v) is 16.3. The Balaban J connectivity index is 1.07. The summed E-state index contributed by atoms with van der Waals surface area (Å²) in [6.45, 7) is 0. The molecule has 0 heteroatoms. The molecule has 0 N–H and O–H groups in total. The van der Waals surface area contributed by atoms with Crippen LogP contribution in [0.15, 0.2) is 133 Å². The lowest BCUT2D eigenvalue weighted by Crippen LogP contribution is -1.87. The van der Waals surface area contributed by atoms with Crippen LogP contribution < -0.4 is 0 Å². The van der Waals surface area contributed by atoms with Gasteiger partial charge in [-0.25, -0.2) is 0 Å². The lowest BCUT2D eigenvalue weighted by atomic mass is 9.89. The van der Waals surface area contributed by atoms with Gasteiger partial charge in [-0.2, -0.15) is 0 Å². The van der Waals surface area contributed by atoms with Crippen LogP contribution in [-0.4, -0.2) is 0 Å². The third-order valence-corrected chi connectivity index (χ3v) is 11.5. The van der Waals surface area contributed by atoms with Crippen molar-refractivity contribution < 1.29 is 0 Å². The van der Waals surface area contributed by atoms with E-state index in [1.807, 2.05) is 0 Å². The van der Waals surface area contributed by atoms with Crippen LogP contribution >= 0.6 is 0 Å². The lowest BCUT2D eigenvalue weighted by Gasteiger charge is -2.14. The molecule has 0 saturated heterocycles. The second kappa shape index (κ2) is 7.28. The smallest absolute Gasteiger partial charge is 0.000763 e. The van der Waals surface area contributed by atoms with Gasteiger partial charge < -0.3 is 0 Å². The number of hydrogen-bond donors (Lipinski definition) is 0. The molecule has 0 aliphatic carbocycles. The summed E-state index contributed by atoms with van der Waals surface area (Å²) >= 11 is 0. The minimum absolute atomic E-state index is 1.27. The average molecular weight is 575 g/mol. The Kier molecular flexibility index (Phi) is 3.56. The maximum atomic E-state index is 2.43. The van der Waals surface area contributed by atoms with Crippen molar-refractivity contribution in [3.63, 3.8) is 0 Å². The van der Waals surface area contributed by atoms with Crippen LogP contribution in [0.2, 0.25) is 0 Å². The van der Waals surface area contributed by atoms with Gasteiger partial charge in [-0.1, -0.05) is 121 Å². The van der Waals surface area contributed by atoms with Gasteiger partial charge in [0.05, 0.1) is 0 Å². The molecule has 0 aromatic heterocycles. The van der Waals surface area contributed by atoms with Crippen molar-refractivity contribution in [1.82, 2.24) is 0 Å². The standard InChI is InChI=1S/C46H22/c1-2-24(36-22-32-16-14-28-8-6-26-10-12-30-18-20-34(36)46-42(30)38(26)40(28)44(32)46)4-3-23(1)35-21-31-15-13-27-7-5-25-9-11-29-17-19-33(35)45-41(29)37(25)39(27)43(31)45/h1-22H. The number of benzene rings is 11. The second-order valence-corrected chi connectivity index (χ2v) is 13.6. The minimum Gasteiger partial charge on any atom is -0.0537 e. The highest BCUT2D eigenvalue weighted by molar-refractivity contribution is 6.46. The Bertz CT molecular complexity index is 3010. The van der Waals surface area contributed by atoms with E-state index in [2.05, 4.69) is 133 Å². The van der Waals surface area contributed by atoms with E-state index in [-0.39, 0.29) is 0 Å². The summed E-state index contributed by atoms with van der Waals surface area (Å²) in [4.78, 5) is 0. The lowest BCUT2D eigenvalue weighted by molar-refractivity contribution is 1.65. The van der Waals surface area contributed by atoms with E-state index < -0.39 is 0 Å². The van der Waals surface area contributed by atoms with Crippen molar-refractivity contribution in [2.24, 2.45) is 0 Å². The fourth-order valence-corrected chi connectivity index (χ4v) is 9.65. The van der Waals surface area contributed by atoms with Gasteiger partial charge in [-0.05, 0) is 142 Å². The molecule has 13 rings (SSSR count). The van der Waals surface area contributed by atoms with Gasteiger partial charge in [0.25, 0.3) is 0 Å². The maximum Gasteiger partial charge on any atom is -0.000763 e. The average Bonchev–Trinajstić information content (AvgIpc) is 3.68. The third kappa shape index (κ3) is 2.38. The van der Waals surface area contributed by atoms with Crippen LogP contribution in [0.1, 0.15) is 0 Å². The molecule has 13 aromatic carbocycles. The Labute approximate surface area is 262 Å². The molecule has 0 radical (unpaired) electrons. The van der Waals surface area contributed by atoms with E-state index in [4.69, 9.17) is 0 Å². The molecule has 46 heavy (non-hydrogen) atoms. The van der Waals surface area contributed by atoms with Crippen LogP contribution in [0, 0.1) is 0 Å². The first kappa shape index (κ1) is 22.5. The summed E-state index contributed by atoms with van der Waals surface area (Å²) in [6.07, 6.45) is 0. The molecule has 206 valence electrons. The van der Waals surface area contributed by atoms with Gasteiger partial charge >= 0.3 is 0 Å².